The maximum atomic E-state index is 14.4. The molecule has 3 aliphatic carbocycles. The lowest BCUT2D eigenvalue weighted by Gasteiger charge is -2.18. The van der Waals surface area contributed by atoms with Crippen molar-refractivity contribution in [2.24, 2.45) is 11.8 Å². The number of aromatic amines is 1. The van der Waals surface area contributed by atoms with Gasteiger partial charge in [-0.05, 0) is 55.9 Å². The third-order valence-corrected chi connectivity index (χ3v) is 6.61. The summed E-state index contributed by atoms with van der Waals surface area (Å²) in [6, 6.07) is 3.66. The van der Waals surface area contributed by atoms with E-state index in [-0.39, 0.29) is 24.4 Å². The van der Waals surface area contributed by atoms with Gasteiger partial charge in [0.15, 0.2) is 0 Å². The largest absolute Gasteiger partial charge is 0.340 e. The molecule has 0 saturated heterocycles. The van der Waals surface area contributed by atoms with E-state index in [0.29, 0.717) is 23.0 Å². The number of hydrogen-bond acceptors (Lipinski definition) is 1. The highest BCUT2D eigenvalue weighted by atomic mass is 19.1. The second-order valence-corrected chi connectivity index (χ2v) is 8.35. The van der Waals surface area contributed by atoms with Crippen LogP contribution in [0, 0.1) is 18.8 Å². The van der Waals surface area contributed by atoms with Gasteiger partial charge in [0.2, 0.25) is 0 Å². The molecule has 0 spiro atoms. The first kappa shape index (κ1) is 18.3. The van der Waals surface area contributed by atoms with E-state index >= 15 is 0 Å². The number of pyridine rings is 1. The molecular formula is C24H24F2N2O. The maximum absolute atomic E-state index is 14.4. The molecule has 0 aromatic carbocycles. The van der Waals surface area contributed by atoms with Gasteiger partial charge in [0.1, 0.15) is 12.0 Å². The molecule has 150 valence electrons. The van der Waals surface area contributed by atoms with Crippen molar-refractivity contribution in [3.05, 3.63) is 68.5 Å². The lowest BCUT2D eigenvalue weighted by Crippen LogP contribution is -2.36. The van der Waals surface area contributed by atoms with Crippen LogP contribution in [0.2, 0.25) is 0 Å². The molecule has 0 amide bonds. The molecule has 3 atom stereocenters. The number of hydrogen-bond donors (Lipinski definition) is 1. The van der Waals surface area contributed by atoms with Crippen molar-refractivity contribution in [1.29, 1.82) is 0 Å². The Labute approximate surface area is 167 Å². The van der Waals surface area contributed by atoms with E-state index in [1.807, 2.05) is 19.1 Å². The zero-order valence-corrected chi connectivity index (χ0v) is 16.4. The standard InChI is InChI=1S/C24H24F2N2O/c1-14-23(19-6-3-9-27-24(19)29)20-11-15-4-2-5-16(15)12-22(20)28(14)13-17-10-18(25)7-8-21(17)26/h3,6,8-12,15-16,18H,2,4-5,7,13H2,1H3,(H,27,29). The van der Waals surface area contributed by atoms with Crippen LogP contribution >= 0.6 is 0 Å². The molecule has 1 saturated carbocycles. The summed E-state index contributed by atoms with van der Waals surface area (Å²) < 4.78 is 30.4. The van der Waals surface area contributed by atoms with E-state index in [9.17, 15) is 13.6 Å². The normalized spacial score (nSPS) is 25.4. The highest BCUT2D eigenvalue weighted by Gasteiger charge is 2.29. The number of halogens is 2. The number of allylic oxidation sites excluding steroid dienone is 4. The van der Waals surface area contributed by atoms with Crippen molar-refractivity contribution in [3.63, 3.8) is 0 Å². The molecule has 1 N–H and O–H groups in total. The van der Waals surface area contributed by atoms with Crippen LogP contribution in [0.5, 0.6) is 0 Å². The third-order valence-electron chi connectivity index (χ3n) is 6.61. The zero-order valence-electron chi connectivity index (χ0n) is 16.4. The van der Waals surface area contributed by atoms with Gasteiger partial charge < -0.3 is 9.55 Å². The molecule has 0 aliphatic heterocycles. The average molecular weight is 394 g/mol. The Bertz CT molecular complexity index is 1210. The first-order valence-corrected chi connectivity index (χ1v) is 10.3. The first-order valence-electron chi connectivity index (χ1n) is 10.3. The van der Waals surface area contributed by atoms with E-state index in [2.05, 4.69) is 21.7 Å². The predicted octanol–water partition coefficient (Wildman–Crippen LogP) is 3.66. The number of H-pyrrole nitrogens is 1. The van der Waals surface area contributed by atoms with Crippen molar-refractivity contribution >= 4 is 12.2 Å². The maximum Gasteiger partial charge on any atom is 0.255 e. The Morgan fingerprint density at radius 2 is 2.00 bits per heavy atom. The molecule has 0 bridgehead atoms. The Morgan fingerprint density at radius 3 is 2.79 bits per heavy atom. The van der Waals surface area contributed by atoms with Crippen molar-refractivity contribution in [2.45, 2.75) is 45.3 Å². The molecule has 3 nitrogen and oxygen atoms in total. The van der Waals surface area contributed by atoms with Gasteiger partial charge in [-0.1, -0.05) is 18.6 Å². The van der Waals surface area contributed by atoms with Crippen molar-refractivity contribution < 1.29 is 8.78 Å². The second kappa shape index (κ2) is 6.97. The molecule has 1 fully saturated rings. The fourth-order valence-electron chi connectivity index (χ4n) is 5.15. The smallest absolute Gasteiger partial charge is 0.255 e. The summed E-state index contributed by atoms with van der Waals surface area (Å²) in [5, 5.41) is 2.08. The number of nitrogens with zero attached hydrogens (tertiary/aromatic N) is 1. The zero-order chi connectivity index (χ0) is 20.1. The van der Waals surface area contributed by atoms with E-state index in [4.69, 9.17) is 0 Å². The Hall–Kier alpha value is -2.69. The summed E-state index contributed by atoms with van der Waals surface area (Å²) in [6.07, 6.45) is 11.4. The Balaban J connectivity index is 1.74. The molecule has 3 unspecified atom stereocenters. The SMILES string of the molecule is Cc1c(-c2ccc[nH]c2=O)c2c(n1CC1=CC(F)CC=C1F)=CC1CCCC1C=2. The molecule has 5 heteroatoms. The summed E-state index contributed by atoms with van der Waals surface area (Å²) in [7, 11) is 0. The number of nitrogens with one attached hydrogen (secondary N) is 1. The van der Waals surface area contributed by atoms with Crippen LogP contribution in [0.4, 0.5) is 8.78 Å². The van der Waals surface area contributed by atoms with Gasteiger partial charge in [0.25, 0.3) is 5.56 Å². The highest BCUT2D eigenvalue weighted by molar-refractivity contribution is 5.69. The molecule has 2 aromatic rings. The number of fused-ring (bicyclic) bond motifs is 2. The van der Waals surface area contributed by atoms with Crippen molar-refractivity contribution in [1.82, 2.24) is 9.55 Å². The van der Waals surface area contributed by atoms with Gasteiger partial charge in [-0.2, -0.15) is 0 Å². The summed E-state index contributed by atoms with van der Waals surface area (Å²) in [5.41, 5.74) is 2.68. The van der Waals surface area contributed by atoms with Gasteiger partial charge in [-0.15, -0.1) is 0 Å². The van der Waals surface area contributed by atoms with Crippen LogP contribution in [0.15, 0.2) is 46.7 Å². The van der Waals surface area contributed by atoms with Crippen LogP contribution in [0.3, 0.4) is 0 Å². The summed E-state index contributed by atoms with van der Waals surface area (Å²) in [6.45, 7) is 2.23. The van der Waals surface area contributed by atoms with E-state index in [1.165, 1.54) is 18.6 Å². The van der Waals surface area contributed by atoms with Gasteiger partial charge in [0, 0.05) is 45.6 Å². The number of aromatic nitrogens is 2. The molecule has 5 rings (SSSR count). The van der Waals surface area contributed by atoms with Gasteiger partial charge in [0.05, 0.1) is 6.54 Å². The molecule has 29 heavy (non-hydrogen) atoms. The fourth-order valence-corrected chi connectivity index (χ4v) is 5.15. The lowest BCUT2D eigenvalue weighted by molar-refractivity contribution is 0.390. The van der Waals surface area contributed by atoms with Gasteiger partial charge in [-0.25, -0.2) is 8.78 Å². The molecule has 2 heterocycles. The number of rotatable bonds is 3. The Kier molecular flexibility index (Phi) is 4.41. The highest BCUT2D eigenvalue weighted by Crippen LogP contribution is 2.35. The van der Waals surface area contributed by atoms with Crippen molar-refractivity contribution in [3.8, 4) is 11.1 Å². The van der Waals surface area contributed by atoms with Crippen LogP contribution in [-0.4, -0.2) is 15.7 Å². The third kappa shape index (κ3) is 3.04. The Morgan fingerprint density at radius 1 is 1.21 bits per heavy atom. The minimum Gasteiger partial charge on any atom is -0.340 e. The van der Waals surface area contributed by atoms with Crippen LogP contribution in [0.1, 0.15) is 31.4 Å². The second-order valence-electron chi connectivity index (χ2n) is 8.35. The van der Waals surface area contributed by atoms with Crippen molar-refractivity contribution in [2.75, 3.05) is 0 Å². The summed E-state index contributed by atoms with van der Waals surface area (Å²) in [4.78, 5) is 15.3. The minimum absolute atomic E-state index is 0.0897. The molecule has 0 radical (unpaired) electrons. The van der Waals surface area contributed by atoms with E-state index < -0.39 is 6.17 Å². The van der Waals surface area contributed by atoms with Crippen LogP contribution in [-0.2, 0) is 6.54 Å². The lowest BCUT2D eigenvalue weighted by atomic mass is 9.90. The average Bonchev–Trinajstić information content (AvgIpc) is 3.26. The minimum atomic E-state index is -1.15. The molecule has 3 aliphatic rings. The van der Waals surface area contributed by atoms with Gasteiger partial charge >= 0.3 is 0 Å². The molecule has 2 aromatic heterocycles. The quantitative estimate of drug-likeness (QED) is 0.848. The molecular weight excluding hydrogens is 370 g/mol. The number of alkyl halides is 1. The predicted molar refractivity (Wildman–Crippen MR) is 111 cm³/mol. The monoisotopic (exact) mass is 394 g/mol. The first-order chi connectivity index (χ1) is 14.0. The van der Waals surface area contributed by atoms with Crippen LogP contribution in [0.25, 0.3) is 23.3 Å². The fraction of sp³-hybridized carbons (Fsp3) is 0.375. The van der Waals surface area contributed by atoms with E-state index in [1.54, 1.807) is 6.20 Å². The van der Waals surface area contributed by atoms with Gasteiger partial charge in [-0.3, -0.25) is 4.79 Å². The summed E-state index contributed by atoms with van der Waals surface area (Å²) >= 11 is 0. The van der Waals surface area contributed by atoms with E-state index in [0.717, 1.165) is 34.7 Å². The summed E-state index contributed by atoms with van der Waals surface area (Å²) in [5.74, 6) is 0.616. The topological polar surface area (TPSA) is 37.8 Å². The van der Waals surface area contributed by atoms with Crippen LogP contribution < -0.4 is 16.1 Å².